The van der Waals surface area contributed by atoms with Crippen LogP contribution in [0.1, 0.15) is 24.5 Å². The van der Waals surface area contributed by atoms with Gasteiger partial charge in [-0.3, -0.25) is 0 Å². The fourth-order valence-corrected chi connectivity index (χ4v) is 1.96. The first-order valence-electron chi connectivity index (χ1n) is 5.13. The van der Waals surface area contributed by atoms with E-state index in [1.54, 1.807) is 0 Å². The lowest BCUT2D eigenvalue weighted by Gasteiger charge is -2.25. The summed E-state index contributed by atoms with van der Waals surface area (Å²) in [6.45, 7) is 5.56. The Morgan fingerprint density at radius 1 is 1.46 bits per heavy atom. The van der Waals surface area contributed by atoms with Crippen molar-refractivity contribution in [3.05, 3.63) is 29.3 Å². The standard InChI is InChI=1S/C12H17N/c1-3-10-7-11-5-4-9(2)6-12(11)13-8-10/h4-6,10,13H,3,7-8H2,1-2H3. The van der Waals surface area contributed by atoms with E-state index in [0.717, 1.165) is 12.5 Å². The van der Waals surface area contributed by atoms with Gasteiger partial charge in [-0.1, -0.05) is 25.5 Å². The van der Waals surface area contributed by atoms with E-state index in [1.165, 1.54) is 29.7 Å². The van der Waals surface area contributed by atoms with Gasteiger partial charge in [0.15, 0.2) is 0 Å². The molecule has 1 nitrogen and oxygen atoms in total. The molecule has 1 heterocycles. The summed E-state index contributed by atoms with van der Waals surface area (Å²) in [6, 6.07) is 6.72. The Balaban J connectivity index is 2.26. The fraction of sp³-hybridized carbons (Fsp3) is 0.500. The molecule has 2 rings (SSSR count). The van der Waals surface area contributed by atoms with Gasteiger partial charge in [0.2, 0.25) is 0 Å². The van der Waals surface area contributed by atoms with Crippen LogP contribution >= 0.6 is 0 Å². The minimum absolute atomic E-state index is 0.829. The van der Waals surface area contributed by atoms with Crippen molar-refractivity contribution in [2.24, 2.45) is 5.92 Å². The topological polar surface area (TPSA) is 12.0 Å². The van der Waals surface area contributed by atoms with Crippen LogP contribution in [-0.2, 0) is 6.42 Å². The van der Waals surface area contributed by atoms with Crippen LogP contribution < -0.4 is 5.32 Å². The van der Waals surface area contributed by atoms with Gasteiger partial charge in [0, 0.05) is 12.2 Å². The molecule has 0 saturated carbocycles. The summed E-state index contributed by atoms with van der Waals surface area (Å²) in [6.07, 6.45) is 2.53. The first-order valence-corrected chi connectivity index (χ1v) is 5.13. The Labute approximate surface area is 80.2 Å². The summed E-state index contributed by atoms with van der Waals surface area (Å²) >= 11 is 0. The van der Waals surface area contributed by atoms with Gasteiger partial charge < -0.3 is 5.32 Å². The van der Waals surface area contributed by atoms with Crippen molar-refractivity contribution in [3.63, 3.8) is 0 Å². The molecule has 0 spiro atoms. The normalized spacial score (nSPS) is 20.6. The molecule has 0 fully saturated rings. The van der Waals surface area contributed by atoms with E-state index in [2.05, 4.69) is 37.4 Å². The molecule has 1 unspecified atom stereocenters. The Hall–Kier alpha value is -0.980. The average Bonchev–Trinajstić information content (AvgIpc) is 2.17. The van der Waals surface area contributed by atoms with Gasteiger partial charge in [0.05, 0.1) is 0 Å². The minimum atomic E-state index is 0.829. The number of rotatable bonds is 1. The van der Waals surface area contributed by atoms with Gasteiger partial charge in [-0.05, 0) is 36.5 Å². The zero-order chi connectivity index (χ0) is 9.26. The van der Waals surface area contributed by atoms with Crippen molar-refractivity contribution in [2.75, 3.05) is 11.9 Å². The Bertz CT molecular complexity index is 304. The number of nitrogens with one attached hydrogen (secondary N) is 1. The molecule has 0 aromatic heterocycles. The van der Waals surface area contributed by atoms with Crippen LogP contribution in [0.4, 0.5) is 5.69 Å². The minimum Gasteiger partial charge on any atom is -0.385 e. The van der Waals surface area contributed by atoms with E-state index in [1.807, 2.05) is 0 Å². The van der Waals surface area contributed by atoms with Crippen LogP contribution in [0.3, 0.4) is 0 Å². The summed E-state index contributed by atoms with van der Waals surface area (Å²) in [4.78, 5) is 0. The van der Waals surface area contributed by atoms with Crippen LogP contribution in [0.15, 0.2) is 18.2 Å². The molecule has 0 bridgehead atoms. The second-order valence-electron chi connectivity index (χ2n) is 4.02. The maximum atomic E-state index is 3.50. The number of benzene rings is 1. The molecule has 1 heteroatoms. The fourth-order valence-electron chi connectivity index (χ4n) is 1.96. The maximum Gasteiger partial charge on any atom is 0.0375 e. The highest BCUT2D eigenvalue weighted by Crippen LogP contribution is 2.26. The van der Waals surface area contributed by atoms with Gasteiger partial charge >= 0.3 is 0 Å². The number of anilines is 1. The molecule has 0 amide bonds. The van der Waals surface area contributed by atoms with Crippen LogP contribution in [0.2, 0.25) is 0 Å². The summed E-state index contributed by atoms with van der Waals surface area (Å²) in [5.41, 5.74) is 4.19. The maximum absolute atomic E-state index is 3.50. The summed E-state index contributed by atoms with van der Waals surface area (Å²) < 4.78 is 0. The summed E-state index contributed by atoms with van der Waals surface area (Å²) in [7, 11) is 0. The van der Waals surface area contributed by atoms with E-state index >= 15 is 0 Å². The molecule has 1 aliphatic heterocycles. The zero-order valence-electron chi connectivity index (χ0n) is 8.43. The molecule has 0 saturated heterocycles. The van der Waals surface area contributed by atoms with Crippen molar-refractivity contribution in [3.8, 4) is 0 Å². The monoisotopic (exact) mass is 175 g/mol. The largest absolute Gasteiger partial charge is 0.385 e. The molecule has 1 aromatic carbocycles. The van der Waals surface area contributed by atoms with Crippen LogP contribution in [0.5, 0.6) is 0 Å². The molecule has 1 N–H and O–H groups in total. The highest BCUT2D eigenvalue weighted by molar-refractivity contribution is 5.55. The molecular weight excluding hydrogens is 158 g/mol. The van der Waals surface area contributed by atoms with E-state index in [-0.39, 0.29) is 0 Å². The van der Waals surface area contributed by atoms with Crippen molar-refractivity contribution in [2.45, 2.75) is 26.7 Å². The molecule has 1 atom stereocenters. The molecule has 1 aliphatic rings. The van der Waals surface area contributed by atoms with Crippen LogP contribution in [0, 0.1) is 12.8 Å². The Morgan fingerprint density at radius 2 is 2.31 bits per heavy atom. The number of hydrogen-bond donors (Lipinski definition) is 1. The molecule has 70 valence electrons. The third-order valence-electron chi connectivity index (χ3n) is 2.93. The van der Waals surface area contributed by atoms with Gasteiger partial charge in [-0.25, -0.2) is 0 Å². The van der Waals surface area contributed by atoms with Crippen molar-refractivity contribution in [1.82, 2.24) is 0 Å². The smallest absolute Gasteiger partial charge is 0.0375 e. The first kappa shape index (κ1) is 8.61. The lowest BCUT2D eigenvalue weighted by atomic mass is 9.91. The van der Waals surface area contributed by atoms with Gasteiger partial charge in [0.25, 0.3) is 0 Å². The van der Waals surface area contributed by atoms with Crippen molar-refractivity contribution < 1.29 is 0 Å². The highest BCUT2D eigenvalue weighted by atomic mass is 14.9. The molecular formula is C12H17N. The van der Waals surface area contributed by atoms with Crippen molar-refractivity contribution in [1.29, 1.82) is 0 Å². The van der Waals surface area contributed by atoms with E-state index in [0.29, 0.717) is 0 Å². The van der Waals surface area contributed by atoms with Gasteiger partial charge in [0.1, 0.15) is 0 Å². The SMILES string of the molecule is CCC1CNc2cc(C)ccc2C1. The van der Waals surface area contributed by atoms with Crippen LogP contribution in [-0.4, -0.2) is 6.54 Å². The Kier molecular flexibility index (Phi) is 2.26. The molecule has 1 aromatic rings. The first-order chi connectivity index (χ1) is 6.29. The highest BCUT2D eigenvalue weighted by Gasteiger charge is 2.15. The van der Waals surface area contributed by atoms with Gasteiger partial charge in [-0.15, -0.1) is 0 Å². The molecule has 0 radical (unpaired) electrons. The van der Waals surface area contributed by atoms with E-state index < -0.39 is 0 Å². The second-order valence-corrected chi connectivity index (χ2v) is 4.02. The zero-order valence-corrected chi connectivity index (χ0v) is 8.43. The predicted molar refractivity (Wildman–Crippen MR) is 57.2 cm³/mol. The molecule has 0 aliphatic carbocycles. The number of hydrogen-bond acceptors (Lipinski definition) is 1. The summed E-state index contributed by atoms with van der Waals surface area (Å²) in [5.74, 6) is 0.829. The van der Waals surface area contributed by atoms with Crippen LogP contribution in [0.25, 0.3) is 0 Å². The van der Waals surface area contributed by atoms with E-state index in [4.69, 9.17) is 0 Å². The van der Waals surface area contributed by atoms with Crippen molar-refractivity contribution >= 4 is 5.69 Å². The quantitative estimate of drug-likeness (QED) is 0.692. The third kappa shape index (κ3) is 1.69. The average molecular weight is 175 g/mol. The Morgan fingerprint density at radius 3 is 3.08 bits per heavy atom. The predicted octanol–water partition coefficient (Wildman–Crippen LogP) is 2.99. The third-order valence-corrected chi connectivity index (χ3v) is 2.93. The number of aryl methyl sites for hydroxylation is 1. The second kappa shape index (κ2) is 3.41. The lowest BCUT2D eigenvalue weighted by Crippen LogP contribution is -2.22. The summed E-state index contributed by atoms with van der Waals surface area (Å²) in [5, 5.41) is 3.50. The van der Waals surface area contributed by atoms with Gasteiger partial charge in [-0.2, -0.15) is 0 Å². The lowest BCUT2D eigenvalue weighted by molar-refractivity contribution is 0.520. The molecule has 13 heavy (non-hydrogen) atoms. The number of fused-ring (bicyclic) bond motifs is 1. The van der Waals surface area contributed by atoms with E-state index in [9.17, 15) is 0 Å².